The molecule has 0 aromatic heterocycles. The van der Waals surface area contributed by atoms with Crippen LogP contribution in [0, 0.1) is 0 Å². The molecule has 0 aliphatic carbocycles. The standard InChI is InChI=1S/C11H16N2O/c1-9(12)10-2-4-11(5-3-10)13-6-7-14-8-13/h2-5,9H,6-8,12H2,1H3/t9-/m0/s1. The third-order valence-electron chi connectivity index (χ3n) is 2.54. The number of benzene rings is 1. The van der Waals surface area contributed by atoms with Gasteiger partial charge in [0.05, 0.1) is 6.61 Å². The van der Waals surface area contributed by atoms with E-state index in [0.29, 0.717) is 6.73 Å². The van der Waals surface area contributed by atoms with Crippen LogP contribution in [0.1, 0.15) is 18.5 Å². The topological polar surface area (TPSA) is 38.5 Å². The van der Waals surface area contributed by atoms with Gasteiger partial charge in [0, 0.05) is 18.3 Å². The van der Waals surface area contributed by atoms with Crippen molar-refractivity contribution in [1.82, 2.24) is 0 Å². The van der Waals surface area contributed by atoms with Crippen LogP contribution in [0.15, 0.2) is 24.3 Å². The van der Waals surface area contributed by atoms with Gasteiger partial charge in [0.15, 0.2) is 0 Å². The highest BCUT2D eigenvalue weighted by Gasteiger charge is 2.12. The first-order valence-electron chi connectivity index (χ1n) is 4.95. The molecule has 1 aliphatic heterocycles. The summed E-state index contributed by atoms with van der Waals surface area (Å²) in [6.07, 6.45) is 0. The molecule has 2 N–H and O–H groups in total. The van der Waals surface area contributed by atoms with E-state index in [1.54, 1.807) is 0 Å². The first kappa shape index (κ1) is 9.49. The lowest BCUT2D eigenvalue weighted by molar-refractivity contribution is 0.201. The highest BCUT2D eigenvalue weighted by atomic mass is 16.5. The molecule has 1 aromatic rings. The Bertz CT molecular complexity index is 289. The summed E-state index contributed by atoms with van der Waals surface area (Å²) >= 11 is 0. The van der Waals surface area contributed by atoms with Crippen molar-refractivity contribution in [3.05, 3.63) is 29.8 Å². The van der Waals surface area contributed by atoms with Gasteiger partial charge < -0.3 is 15.4 Å². The molecule has 1 fully saturated rings. The molecule has 0 unspecified atom stereocenters. The van der Waals surface area contributed by atoms with Crippen molar-refractivity contribution in [3.8, 4) is 0 Å². The zero-order chi connectivity index (χ0) is 9.97. The third kappa shape index (κ3) is 1.89. The van der Waals surface area contributed by atoms with Gasteiger partial charge in [0.1, 0.15) is 6.73 Å². The van der Waals surface area contributed by atoms with E-state index in [-0.39, 0.29) is 6.04 Å². The van der Waals surface area contributed by atoms with E-state index >= 15 is 0 Å². The summed E-state index contributed by atoms with van der Waals surface area (Å²) in [5.41, 5.74) is 8.17. The van der Waals surface area contributed by atoms with Crippen LogP contribution in [0.3, 0.4) is 0 Å². The lowest BCUT2D eigenvalue weighted by atomic mass is 10.1. The fraction of sp³-hybridized carbons (Fsp3) is 0.455. The second-order valence-electron chi connectivity index (χ2n) is 3.68. The average molecular weight is 192 g/mol. The average Bonchev–Trinajstić information content (AvgIpc) is 2.71. The van der Waals surface area contributed by atoms with E-state index in [2.05, 4.69) is 29.2 Å². The lowest BCUT2D eigenvalue weighted by Crippen LogP contribution is -2.18. The highest BCUT2D eigenvalue weighted by Crippen LogP contribution is 2.19. The van der Waals surface area contributed by atoms with E-state index in [4.69, 9.17) is 10.5 Å². The second-order valence-corrected chi connectivity index (χ2v) is 3.68. The maximum absolute atomic E-state index is 5.78. The number of nitrogens with zero attached hydrogens (tertiary/aromatic N) is 1. The van der Waals surface area contributed by atoms with Crippen molar-refractivity contribution in [3.63, 3.8) is 0 Å². The van der Waals surface area contributed by atoms with Gasteiger partial charge in [-0.05, 0) is 24.6 Å². The maximum Gasteiger partial charge on any atom is 0.119 e. The fourth-order valence-corrected chi connectivity index (χ4v) is 1.61. The molecular formula is C11H16N2O. The predicted molar refractivity (Wildman–Crippen MR) is 57.2 cm³/mol. The summed E-state index contributed by atoms with van der Waals surface area (Å²) in [7, 11) is 0. The monoisotopic (exact) mass is 192 g/mol. The minimum absolute atomic E-state index is 0.110. The van der Waals surface area contributed by atoms with Crippen molar-refractivity contribution in [2.24, 2.45) is 5.73 Å². The molecule has 0 spiro atoms. The Morgan fingerprint density at radius 2 is 2.07 bits per heavy atom. The Hall–Kier alpha value is -1.06. The molecule has 1 atom stereocenters. The number of hydrogen-bond donors (Lipinski definition) is 1. The molecule has 1 aromatic carbocycles. The van der Waals surface area contributed by atoms with E-state index in [1.807, 2.05) is 6.92 Å². The Kier molecular flexibility index (Phi) is 2.70. The Morgan fingerprint density at radius 3 is 2.57 bits per heavy atom. The van der Waals surface area contributed by atoms with Gasteiger partial charge in [-0.15, -0.1) is 0 Å². The molecule has 0 radical (unpaired) electrons. The Labute approximate surface area is 84.5 Å². The molecule has 3 heteroatoms. The van der Waals surface area contributed by atoms with Gasteiger partial charge in [-0.2, -0.15) is 0 Å². The molecular weight excluding hydrogens is 176 g/mol. The second kappa shape index (κ2) is 3.98. The van der Waals surface area contributed by atoms with Crippen LogP contribution < -0.4 is 10.6 Å². The minimum Gasteiger partial charge on any atom is -0.359 e. The number of ether oxygens (including phenoxy) is 1. The van der Waals surface area contributed by atoms with Gasteiger partial charge in [0.2, 0.25) is 0 Å². The quantitative estimate of drug-likeness (QED) is 0.771. The molecule has 0 saturated carbocycles. The van der Waals surface area contributed by atoms with E-state index in [1.165, 1.54) is 11.3 Å². The summed E-state index contributed by atoms with van der Waals surface area (Å²) in [5.74, 6) is 0. The van der Waals surface area contributed by atoms with E-state index in [0.717, 1.165) is 13.2 Å². The summed E-state index contributed by atoms with van der Waals surface area (Å²) in [4.78, 5) is 2.21. The van der Waals surface area contributed by atoms with Crippen molar-refractivity contribution in [2.75, 3.05) is 24.8 Å². The van der Waals surface area contributed by atoms with Crippen LogP contribution in [0.4, 0.5) is 5.69 Å². The number of rotatable bonds is 2. The van der Waals surface area contributed by atoms with E-state index in [9.17, 15) is 0 Å². The lowest BCUT2D eigenvalue weighted by Gasteiger charge is -2.16. The first-order valence-corrected chi connectivity index (χ1v) is 4.95. The molecule has 2 rings (SSSR count). The molecule has 1 heterocycles. The van der Waals surface area contributed by atoms with Gasteiger partial charge in [-0.3, -0.25) is 0 Å². The molecule has 1 aliphatic rings. The molecule has 0 bridgehead atoms. The minimum atomic E-state index is 0.110. The first-order chi connectivity index (χ1) is 6.77. The van der Waals surface area contributed by atoms with Crippen LogP contribution >= 0.6 is 0 Å². The van der Waals surface area contributed by atoms with Crippen LogP contribution in [0.5, 0.6) is 0 Å². The summed E-state index contributed by atoms with van der Waals surface area (Å²) < 4.78 is 5.29. The SMILES string of the molecule is C[C@H](N)c1ccc(N2CCOC2)cc1. The number of nitrogens with two attached hydrogens (primary N) is 1. The van der Waals surface area contributed by atoms with Gasteiger partial charge in [-0.1, -0.05) is 12.1 Å². The normalized spacial score (nSPS) is 18.6. The van der Waals surface area contributed by atoms with Crippen LogP contribution in [-0.2, 0) is 4.74 Å². The highest BCUT2D eigenvalue weighted by molar-refractivity contribution is 5.48. The predicted octanol–water partition coefficient (Wildman–Crippen LogP) is 1.50. The Balaban J connectivity index is 2.12. The van der Waals surface area contributed by atoms with Gasteiger partial charge in [-0.25, -0.2) is 0 Å². The molecule has 1 saturated heterocycles. The largest absolute Gasteiger partial charge is 0.359 e. The smallest absolute Gasteiger partial charge is 0.119 e. The molecule has 3 nitrogen and oxygen atoms in total. The van der Waals surface area contributed by atoms with Crippen LogP contribution in [0.2, 0.25) is 0 Å². The number of anilines is 1. The summed E-state index contributed by atoms with van der Waals surface area (Å²) in [5, 5.41) is 0. The van der Waals surface area contributed by atoms with Crippen molar-refractivity contribution >= 4 is 5.69 Å². The van der Waals surface area contributed by atoms with Gasteiger partial charge in [0.25, 0.3) is 0 Å². The van der Waals surface area contributed by atoms with Crippen LogP contribution in [0.25, 0.3) is 0 Å². The maximum atomic E-state index is 5.78. The summed E-state index contributed by atoms with van der Waals surface area (Å²) in [6, 6.07) is 8.48. The number of hydrogen-bond acceptors (Lipinski definition) is 3. The summed E-state index contributed by atoms with van der Waals surface area (Å²) in [6.45, 7) is 4.51. The van der Waals surface area contributed by atoms with Crippen molar-refractivity contribution in [2.45, 2.75) is 13.0 Å². The molecule has 0 amide bonds. The van der Waals surface area contributed by atoms with E-state index < -0.39 is 0 Å². The molecule has 14 heavy (non-hydrogen) atoms. The van der Waals surface area contributed by atoms with Gasteiger partial charge >= 0.3 is 0 Å². The third-order valence-corrected chi connectivity index (χ3v) is 2.54. The zero-order valence-electron chi connectivity index (χ0n) is 8.44. The molecule has 76 valence electrons. The van der Waals surface area contributed by atoms with Crippen molar-refractivity contribution < 1.29 is 4.74 Å². The van der Waals surface area contributed by atoms with Crippen LogP contribution in [-0.4, -0.2) is 19.9 Å². The Morgan fingerprint density at radius 1 is 1.36 bits per heavy atom. The fourth-order valence-electron chi connectivity index (χ4n) is 1.61. The zero-order valence-corrected chi connectivity index (χ0v) is 8.44. The van der Waals surface area contributed by atoms with Crippen molar-refractivity contribution in [1.29, 1.82) is 0 Å².